The van der Waals surface area contributed by atoms with Gasteiger partial charge < -0.3 is 10.1 Å². The minimum absolute atomic E-state index is 0.106. The quantitative estimate of drug-likeness (QED) is 0.791. The van der Waals surface area contributed by atoms with Crippen LogP contribution in [0.3, 0.4) is 0 Å². The maximum atomic E-state index is 12.1. The van der Waals surface area contributed by atoms with Gasteiger partial charge in [-0.05, 0) is 49.4 Å². The van der Waals surface area contributed by atoms with Crippen molar-refractivity contribution in [2.75, 3.05) is 19.0 Å². The van der Waals surface area contributed by atoms with Crippen LogP contribution in [0.4, 0.5) is 18.9 Å². The molecule has 1 rings (SSSR count). The zero-order valence-corrected chi connectivity index (χ0v) is 11.1. The van der Waals surface area contributed by atoms with Gasteiger partial charge in [-0.3, -0.25) is 0 Å². The van der Waals surface area contributed by atoms with Crippen LogP contribution in [0.2, 0.25) is 0 Å². The van der Waals surface area contributed by atoms with Crippen molar-refractivity contribution in [3.8, 4) is 0 Å². The summed E-state index contributed by atoms with van der Waals surface area (Å²) in [5.41, 5.74) is -3.43. The zero-order chi connectivity index (χ0) is 13.6. The van der Waals surface area contributed by atoms with Crippen molar-refractivity contribution in [2.45, 2.75) is 29.8 Å². The van der Waals surface area contributed by atoms with E-state index in [1.807, 2.05) is 6.92 Å². The van der Waals surface area contributed by atoms with Gasteiger partial charge in [0.05, 0.1) is 0 Å². The van der Waals surface area contributed by atoms with Crippen LogP contribution in [0.1, 0.15) is 13.3 Å². The number of rotatable bonds is 6. The molecule has 0 aromatic heterocycles. The van der Waals surface area contributed by atoms with Crippen molar-refractivity contribution >= 4 is 17.4 Å². The van der Waals surface area contributed by atoms with E-state index in [4.69, 9.17) is 4.74 Å². The van der Waals surface area contributed by atoms with Gasteiger partial charge in [0.2, 0.25) is 0 Å². The van der Waals surface area contributed by atoms with Crippen LogP contribution in [0.25, 0.3) is 0 Å². The fourth-order valence-electron chi connectivity index (χ4n) is 1.40. The van der Waals surface area contributed by atoms with E-state index in [0.717, 1.165) is 12.1 Å². The van der Waals surface area contributed by atoms with Gasteiger partial charge in [0.1, 0.15) is 0 Å². The van der Waals surface area contributed by atoms with E-state index in [1.165, 1.54) is 12.1 Å². The summed E-state index contributed by atoms with van der Waals surface area (Å²) in [4.78, 5) is 0.192. The average molecular weight is 279 g/mol. The molecule has 102 valence electrons. The Morgan fingerprint density at radius 2 is 1.89 bits per heavy atom. The molecule has 1 N–H and O–H groups in total. The van der Waals surface area contributed by atoms with Gasteiger partial charge in [-0.1, -0.05) is 0 Å². The molecule has 0 spiro atoms. The Balaban J connectivity index is 2.50. The predicted molar refractivity (Wildman–Crippen MR) is 67.9 cm³/mol. The fraction of sp³-hybridized carbons (Fsp3) is 0.500. The predicted octanol–water partition coefficient (Wildman–Crippen LogP) is 4.14. The molecule has 1 aromatic carbocycles. The van der Waals surface area contributed by atoms with Crippen molar-refractivity contribution in [2.24, 2.45) is 0 Å². The highest BCUT2D eigenvalue weighted by molar-refractivity contribution is 8.00. The standard InChI is InChI=1S/C12H16F3NOS/c1-9(7-8-17-2)16-10-3-5-11(6-4-10)18-12(13,14)15/h3-6,9,16H,7-8H2,1-2H3. The molecule has 1 aromatic rings. The van der Waals surface area contributed by atoms with E-state index in [0.29, 0.717) is 6.61 Å². The van der Waals surface area contributed by atoms with Crippen LogP contribution >= 0.6 is 11.8 Å². The number of alkyl halides is 3. The number of anilines is 1. The van der Waals surface area contributed by atoms with Gasteiger partial charge in [0, 0.05) is 30.3 Å². The Morgan fingerprint density at radius 3 is 2.39 bits per heavy atom. The second-order valence-electron chi connectivity index (χ2n) is 3.90. The second kappa shape index (κ2) is 6.89. The highest BCUT2D eigenvalue weighted by atomic mass is 32.2. The number of thioether (sulfide) groups is 1. The summed E-state index contributed by atoms with van der Waals surface area (Å²) in [5, 5.41) is 3.20. The highest BCUT2D eigenvalue weighted by Crippen LogP contribution is 2.37. The number of ether oxygens (including phenoxy) is 1. The van der Waals surface area contributed by atoms with E-state index in [2.05, 4.69) is 5.32 Å². The molecule has 0 heterocycles. The van der Waals surface area contributed by atoms with Crippen LogP contribution in [-0.4, -0.2) is 25.3 Å². The number of halogens is 3. The molecule has 6 heteroatoms. The van der Waals surface area contributed by atoms with E-state index in [1.54, 1.807) is 19.2 Å². The molecule has 1 unspecified atom stereocenters. The third-order valence-electron chi connectivity index (χ3n) is 2.26. The topological polar surface area (TPSA) is 21.3 Å². The summed E-state index contributed by atoms with van der Waals surface area (Å²) in [5.74, 6) is 0. The molecule has 0 aliphatic rings. The maximum absolute atomic E-state index is 12.1. The van der Waals surface area contributed by atoms with Crippen LogP contribution in [-0.2, 0) is 4.74 Å². The van der Waals surface area contributed by atoms with Gasteiger partial charge in [0.15, 0.2) is 0 Å². The Bertz CT molecular complexity index is 353. The number of methoxy groups -OCH3 is 1. The molecule has 0 aliphatic heterocycles. The van der Waals surface area contributed by atoms with Crippen molar-refractivity contribution in [1.82, 2.24) is 0 Å². The molecule has 0 bridgehead atoms. The summed E-state index contributed by atoms with van der Waals surface area (Å²) < 4.78 is 41.3. The van der Waals surface area contributed by atoms with E-state index < -0.39 is 5.51 Å². The zero-order valence-electron chi connectivity index (χ0n) is 10.3. The normalized spacial score (nSPS) is 13.4. The molecular formula is C12H16F3NOS. The lowest BCUT2D eigenvalue weighted by molar-refractivity contribution is -0.0328. The van der Waals surface area contributed by atoms with E-state index in [-0.39, 0.29) is 22.7 Å². The van der Waals surface area contributed by atoms with E-state index >= 15 is 0 Å². The lowest BCUT2D eigenvalue weighted by Crippen LogP contribution is -2.16. The second-order valence-corrected chi connectivity index (χ2v) is 5.04. The van der Waals surface area contributed by atoms with Crippen molar-refractivity contribution in [3.63, 3.8) is 0 Å². The molecule has 0 fully saturated rings. The molecule has 1 atom stereocenters. The van der Waals surface area contributed by atoms with Crippen LogP contribution in [0, 0.1) is 0 Å². The average Bonchev–Trinajstić information content (AvgIpc) is 2.27. The minimum Gasteiger partial charge on any atom is -0.385 e. The molecule has 0 amide bonds. The third-order valence-corrected chi connectivity index (χ3v) is 3.00. The number of nitrogens with one attached hydrogen (secondary N) is 1. The smallest absolute Gasteiger partial charge is 0.385 e. The van der Waals surface area contributed by atoms with Crippen LogP contribution in [0.15, 0.2) is 29.2 Å². The van der Waals surface area contributed by atoms with Gasteiger partial charge in [0.25, 0.3) is 0 Å². The maximum Gasteiger partial charge on any atom is 0.446 e. The summed E-state index contributed by atoms with van der Waals surface area (Å²) in [6.07, 6.45) is 0.843. The van der Waals surface area contributed by atoms with Gasteiger partial charge >= 0.3 is 5.51 Å². The summed E-state index contributed by atoms with van der Waals surface area (Å²) >= 11 is -0.106. The van der Waals surface area contributed by atoms with Crippen molar-refractivity contribution in [1.29, 1.82) is 0 Å². The molecule has 0 aliphatic carbocycles. The fourth-order valence-corrected chi connectivity index (χ4v) is 1.94. The Kier molecular flexibility index (Phi) is 5.81. The first-order valence-electron chi connectivity index (χ1n) is 5.52. The molecule has 2 nitrogen and oxygen atoms in total. The summed E-state index contributed by atoms with van der Waals surface area (Å²) in [6, 6.07) is 6.44. The molecule has 0 saturated heterocycles. The van der Waals surface area contributed by atoms with Gasteiger partial charge in [-0.15, -0.1) is 0 Å². The van der Waals surface area contributed by atoms with Gasteiger partial charge in [-0.25, -0.2) is 0 Å². The Morgan fingerprint density at radius 1 is 1.28 bits per heavy atom. The van der Waals surface area contributed by atoms with Gasteiger partial charge in [-0.2, -0.15) is 13.2 Å². The van der Waals surface area contributed by atoms with Crippen LogP contribution in [0.5, 0.6) is 0 Å². The Hall–Kier alpha value is -0.880. The third kappa shape index (κ3) is 6.16. The summed E-state index contributed by atoms with van der Waals surface area (Å²) in [6.45, 7) is 2.65. The molecule has 0 saturated carbocycles. The van der Waals surface area contributed by atoms with Crippen molar-refractivity contribution in [3.05, 3.63) is 24.3 Å². The molecule has 18 heavy (non-hydrogen) atoms. The first-order chi connectivity index (χ1) is 8.40. The largest absolute Gasteiger partial charge is 0.446 e. The van der Waals surface area contributed by atoms with Crippen LogP contribution < -0.4 is 5.32 Å². The lowest BCUT2D eigenvalue weighted by Gasteiger charge is -2.15. The number of hydrogen-bond acceptors (Lipinski definition) is 3. The van der Waals surface area contributed by atoms with E-state index in [9.17, 15) is 13.2 Å². The number of benzene rings is 1. The Labute approximate surface area is 109 Å². The molecule has 0 radical (unpaired) electrons. The first kappa shape index (κ1) is 15.2. The summed E-state index contributed by atoms with van der Waals surface area (Å²) in [7, 11) is 1.63. The highest BCUT2D eigenvalue weighted by Gasteiger charge is 2.28. The first-order valence-corrected chi connectivity index (χ1v) is 6.33. The monoisotopic (exact) mass is 279 g/mol. The van der Waals surface area contributed by atoms with Crippen molar-refractivity contribution < 1.29 is 17.9 Å². The lowest BCUT2D eigenvalue weighted by atomic mass is 10.2. The SMILES string of the molecule is COCCC(C)Nc1ccc(SC(F)(F)F)cc1. The minimum atomic E-state index is -4.24. The number of hydrogen-bond donors (Lipinski definition) is 1. The molecular weight excluding hydrogens is 263 g/mol.